The van der Waals surface area contributed by atoms with E-state index in [0.29, 0.717) is 0 Å². The fourth-order valence-corrected chi connectivity index (χ4v) is 1.17. The molecule has 0 spiro atoms. The zero-order valence-corrected chi connectivity index (χ0v) is 15.4. The largest absolute Gasteiger partial charge is 0.631 e. The second kappa shape index (κ2) is 25.7. The van der Waals surface area contributed by atoms with E-state index in [-0.39, 0.29) is 0 Å². The number of unbranched alkanes of at least 4 members (excludes halogenated alkanes) is 1. The molecule has 0 amide bonds. The highest BCUT2D eigenvalue weighted by atomic mass is 16.5. The molecule has 18 heteroatoms. The number of hydrogen-bond donors (Lipinski definition) is 12. The van der Waals surface area contributed by atoms with Crippen LogP contribution < -0.4 is 4.57 Å². The topological polar surface area (TPSA) is 252 Å². The maximum atomic E-state index is 7.17. The Hall–Kier alpha value is -1.27. The van der Waals surface area contributed by atoms with E-state index in [4.69, 9.17) is 60.3 Å². The number of allylic oxidation sites excluding steroid dienone is 1. The summed E-state index contributed by atoms with van der Waals surface area (Å²) in [5.74, 6) is 0. The summed E-state index contributed by atoms with van der Waals surface area (Å²) in [6.45, 7) is 7.93. The molecule has 1 rings (SSSR count). The van der Waals surface area contributed by atoms with Gasteiger partial charge in [0.1, 0.15) is 18.9 Å². The number of imidazole rings is 1. The summed E-state index contributed by atoms with van der Waals surface area (Å²) in [4.78, 5) is 0. The highest BCUT2D eigenvalue weighted by Gasteiger charge is 1.99. The van der Waals surface area contributed by atoms with Crippen molar-refractivity contribution in [1.29, 1.82) is 0 Å². The molecule has 12 N–H and O–H groups in total. The van der Waals surface area contributed by atoms with Gasteiger partial charge in [0.25, 0.3) is 0 Å². The Morgan fingerprint density at radius 1 is 0.821 bits per heavy atom. The van der Waals surface area contributed by atoms with Gasteiger partial charge in [-0.2, -0.15) is 0 Å². The second-order valence-electron chi connectivity index (χ2n) is 4.38. The summed E-state index contributed by atoms with van der Waals surface area (Å²) in [6.07, 6.45) is 10.7. The van der Waals surface area contributed by atoms with E-state index in [1.807, 2.05) is 6.08 Å². The first-order valence-electron chi connectivity index (χ1n) is 7.62. The van der Waals surface area contributed by atoms with Crippen LogP contribution in [0.4, 0.5) is 0 Å². The molecular weight excluding hydrogens is 383 g/mol. The Kier molecular flexibility index (Phi) is 31.5. The van der Waals surface area contributed by atoms with E-state index in [2.05, 4.69) is 41.4 Å². The van der Waals surface area contributed by atoms with Gasteiger partial charge in [-0.25, -0.2) is 9.13 Å². The van der Waals surface area contributed by atoms with Gasteiger partial charge >= 0.3 is 29.3 Å². The van der Waals surface area contributed by atoms with E-state index in [1.165, 1.54) is 12.8 Å². The minimum atomic E-state index is -2.17. The highest BCUT2D eigenvalue weighted by molar-refractivity contribution is 6.31. The van der Waals surface area contributed by atoms with Crippen molar-refractivity contribution in [2.45, 2.75) is 32.9 Å². The van der Waals surface area contributed by atoms with Gasteiger partial charge in [0, 0.05) is 0 Å². The highest BCUT2D eigenvalue weighted by Crippen LogP contribution is 1.88. The van der Waals surface area contributed by atoms with Gasteiger partial charge in [-0.1, -0.05) is 26.0 Å². The van der Waals surface area contributed by atoms with Crippen LogP contribution in [0.1, 0.15) is 19.8 Å². The van der Waals surface area contributed by atoms with Crippen molar-refractivity contribution >= 4 is 29.3 Å². The van der Waals surface area contributed by atoms with Gasteiger partial charge in [0.2, 0.25) is 6.33 Å². The van der Waals surface area contributed by atoms with E-state index >= 15 is 0 Å². The zero-order valence-electron chi connectivity index (χ0n) is 15.4. The number of nitrogens with zero attached hydrogens (tertiary/aromatic N) is 2. The molecule has 0 radical (unpaired) electrons. The van der Waals surface area contributed by atoms with Crippen molar-refractivity contribution in [1.82, 2.24) is 4.57 Å². The summed E-state index contributed by atoms with van der Waals surface area (Å²) in [5.41, 5.74) is 0. The number of aryl methyl sites for hydroxylation is 1. The average Bonchev–Trinajstić information content (AvgIpc) is 2.91. The lowest BCUT2D eigenvalue weighted by atomic mass is 10.3. The average molecular weight is 413 g/mol. The van der Waals surface area contributed by atoms with Crippen molar-refractivity contribution < 1.29 is 64.9 Å². The second-order valence-corrected chi connectivity index (χ2v) is 4.38. The van der Waals surface area contributed by atoms with Crippen LogP contribution in [0.3, 0.4) is 0 Å². The van der Waals surface area contributed by atoms with Gasteiger partial charge in [-0.15, -0.1) is 0 Å². The fraction of sp³-hybridized carbons (Fsp3) is 0.500. The predicted molar refractivity (Wildman–Crippen MR) is 99.4 cm³/mol. The molecule has 0 aliphatic rings. The molecule has 14 nitrogen and oxygen atoms in total. The van der Waals surface area contributed by atoms with E-state index in [0.717, 1.165) is 13.1 Å². The van der Waals surface area contributed by atoms with E-state index in [9.17, 15) is 0 Å². The van der Waals surface area contributed by atoms with Crippen molar-refractivity contribution in [2.75, 3.05) is 0 Å². The van der Waals surface area contributed by atoms with Crippen molar-refractivity contribution in [3.05, 3.63) is 31.4 Å². The Bertz CT molecular complexity index is 390. The molecule has 0 atom stereocenters. The summed E-state index contributed by atoms with van der Waals surface area (Å²) in [6, 6.07) is 0. The molecule has 0 aliphatic heterocycles. The maximum Gasteiger partial charge on any atom is 0.631 e. The molecule has 0 aromatic carbocycles. The summed E-state index contributed by atoms with van der Waals surface area (Å²) in [5, 5.41) is 86.0. The third-order valence-corrected chi connectivity index (χ3v) is 1.86. The van der Waals surface area contributed by atoms with Gasteiger partial charge in [-0.3, -0.25) is 0 Å². The van der Waals surface area contributed by atoms with Gasteiger partial charge in [0.05, 0.1) is 6.54 Å². The van der Waals surface area contributed by atoms with Crippen LogP contribution in [0.15, 0.2) is 31.4 Å². The Morgan fingerprint density at radius 3 is 1.46 bits per heavy atom. The lowest BCUT2D eigenvalue weighted by molar-refractivity contribution is -0.696. The molecular formula is C10H29B4N2O12+. The first-order valence-corrected chi connectivity index (χ1v) is 7.62. The van der Waals surface area contributed by atoms with Crippen LogP contribution in [0.2, 0.25) is 0 Å². The molecule has 0 saturated carbocycles. The van der Waals surface area contributed by atoms with Crippen molar-refractivity contribution in [2.24, 2.45) is 0 Å². The minimum absolute atomic E-state index is 0.902. The molecule has 162 valence electrons. The molecule has 0 saturated heterocycles. The third-order valence-electron chi connectivity index (χ3n) is 1.86. The molecule has 0 aliphatic carbocycles. The van der Waals surface area contributed by atoms with Crippen LogP contribution in [-0.2, 0) is 13.1 Å². The Balaban J connectivity index is -0.000000150. The summed E-state index contributed by atoms with van der Waals surface area (Å²) < 4.78 is 4.34. The first kappa shape index (κ1) is 34.3. The monoisotopic (exact) mass is 413 g/mol. The molecule has 0 bridgehead atoms. The fourth-order valence-electron chi connectivity index (χ4n) is 1.17. The maximum absolute atomic E-state index is 7.17. The molecule has 1 aromatic heterocycles. The lowest BCUT2D eigenvalue weighted by Crippen LogP contribution is -2.30. The quantitative estimate of drug-likeness (QED) is 0.122. The molecule has 1 heterocycles. The van der Waals surface area contributed by atoms with Gasteiger partial charge in [-0.05, 0) is 6.42 Å². The van der Waals surface area contributed by atoms with Crippen molar-refractivity contribution in [3.63, 3.8) is 0 Å². The molecule has 0 fully saturated rings. The van der Waals surface area contributed by atoms with E-state index < -0.39 is 29.3 Å². The van der Waals surface area contributed by atoms with Crippen LogP contribution in [0.5, 0.6) is 0 Å². The van der Waals surface area contributed by atoms with Crippen LogP contribution in [0.25, 0.3) is 0 Å². The number of rotatable bonds is 5. The van der Waals surface area contributed by atoms with Gasteiger partial charge < -0.3 is 60.3 Å². The SMILES string of the molecule is C=CCn1cc[n+](CCCC)c1.OB(O)O.OB(O)O.OB(O)O.OB(O)O. The molecule has 0 unspecified atom stereocenters. The summed E-state index contributed by atoms with van der Waals surface area (Å²) in [7, 11) is -8.67. The van der Waals surface area contributed by atoms with Gasteiger partial charge in [0.15, 0.2) is 0 Å². The van der Waals surface area contributed by atoms with E-state index in [1.54, 1.807) is 0 Å². The number of hydrogen-bond acceptors (Lipinski definition) is 12. The van der Waals surface area contributed by atoms with Crippen LogP contribution >= 0.6 is 0 Å². The predicted octanol–water partition coefficient (Wildman–Crippen LogP) is -6.45. The smallest absolute Gasteiger partial charge is 0.402 e. The zero-order chi connectivity index (χ0) is 23.1. The van der Waals surface area contributed by atoms with Crippen molar-refractivity contribution in [3.8, 4) is 0 Å². The summed E-state index contributed by atoms with van der Waals surface area (Å²) >= 11 is 0. The number of aromatic nitrogens is 2. The standard InChI is InChI=1S/C10H17N2.4BH3O3/c1-3-5-7-12-9-8-11(10-12)6-4-2;4*2-1(3)4/h4,8-10H,2-3,5-7H2,1H3;4*2-4H/q+1;;;;. The Morgan fingerprint density at radius 2 is 1.18 bits per heavy atom. The third kappa shape index (κ3) is 64.2. The normalized spacial score (nSPS) is 8.18. The molecule has 28 heavy (non-hydrogen) atoms. The molecule has 1 aromatic rings. The minimum Gasteiger partial charge on any atom is -0.402 e. The van der Waals surface area contributed by atoms with Crippen LogP contribution in [0, 0.1) is 0 Å². The lowest BCUT2D eigenvalue weighted by Gasteiger charge is -1.91. The van der Waals surface area contributed by atoms with Crippen LogP contribution in [-0.4, -0.2) is 94.1 Å². The Labute approximate surface area is 163 Å². The first-order chi connectivity index (χ1) is 12.8.